The van der Waals surface area contributed by atoms with Gasteiger partial charge < -0.3 is 18.9 Å². The van der Waals surface area contributed by atoms with Gasteiger partial charge in [-0.1, -0.05) is 39.0 Å². The number of nitrogens with zero attached hydrogens (tertiary/aromatic N) is 2. The second kappa shape index (κ2) is 12.2. The standard InChI is InChI=1S/C32H38N2O4/c1-4-5-6-7-8-9-20-37-26-16-12-24(13-17-26)32-34-30(28-21-27(36-3)18-19-31(28)38-32)22-29(33-34)23-10-14-25(35-2)15-11-23/h10-19,21,30,32H,4-9,20,22H2,1-3H3/t30-,32+/m1/s1. The second-order valence-corrected chi connectivity index (χ2v) is 9.93. The van der Waals surface area contributed by atoms with Gasteiger partial charge in [-0.2, -0.15) is 5.10 Å². The summed E-state index contributed by atoms with van der Waals surface area (Å²) in [7, 11) is 3.37. The van der Waals surface area contributed by atoms with Crippen molar-refractivity contribution >= 4 is 5.71 Å². The Balaban J connectivity index is 1.33. The summed E-state index contributed by atoms with van der Waals surface area (Å²) < 4.78 is 23.4. The van der Waals surface area contributed by atoms with Crippen molar-refractivity contribution in [1.82, 2.24) is 5.01 Å². The van der Waals surface area contributed by atoms with E-state index in [-0.39, 0.29) is 12.3 Å². The predicted molar refractivity (Wildman–Crippen MR) is 150 cm³/mol. The van der Waals surface area contributed by atoms with Crippen LogP contribution in [0.15, 0.2) is 71.8 Å². The molecule has 0 saturated carbocycles. The Kier molecular flexibility index (Phi) is 8.37. The highest BCUT2D eigenvalue weighted by molar-refractivity contribution is 6.02. The van der Waals surface area contributed by atoms with Crippen molar-refractivity contribution in [3.05, 3.63) is 83.4 Å². The van der Waals surface area contributed by atoms with Crippen molar-refractivity contribution in [3.8, 4) is 23.0 Å². The Labute approximate surface area is 226 Å². The first kappa shape index (κ1) is 26.0. The fraction of sp³-hybridized carbons (Fsp3) is 0.406. The zero-order valence-corrected chi connectivity index (χ0v) is 22.7. The number of fused-ring (bicyclic) bond motifs is 3. The molecule has 2 atom stereocenters. The van der Waals surface area contributed by atoms with Crippen molar-refractivity contribution in [2.45, 2.75) is 64.1 Å². The lowest BCUT2D eigenvalue weighted by atomic mass is 9.95. The zero-order chi connectivity index (χ0) is 26.3. The van der Waals surface area contributed by atoms with E-state index in [1.165, 1.54) is 32.1 Å². The molecule has 0 aromatic heterocycles. The van der Waals surface area contributed by atoms with Crippen LogP contribution in [0.4, 0.5) is 0 Å². The minimum absolute atomic E-state index is 0.0552. The molecule has 0 radical (unpaired) electrons. The molecular formula is C32H38N2O4. The Bertz CT molecular complexity index is 1220. The van der Waals surface area contributed by atoms with Crippen LogP contribution < -0.4 is 18.9 Å². The molecule has 5 rings (SSSR count). The number of ether oxygens (including phenoxy) is 4. The monoisotopic (exact) mass is 514 g/mol. The summed E-state index contributed by atoms with van der Waals surface area (Å²) in [6.07, 6.45) is 7.99. The number of hydrazone groups is 1. The highest BCUT2D eigenvalue weighted by atomic mass is 16.5. The lowest BCUT2D eigenvalue weighted by molar-refractivity contribution is -0.0191. The van der Waals surface area contributed by atoms with Crippen LogP contribution in [-0.2, 0) is 0 Å². The molecule has 0 N–H and O–H groups in total. The van der Waals surface area contributed by atoms with Gasteiger partial charge in [0.1, 0.15) is 23.0 Å². The van der Waals surface area contributed by atoms with Gasteiger partial charge in [-0.15, -0.1) is 0 Å². The van der Waals surface area contributed by atoms with E-state index in [1.54, 1.807) is 14.2 Å². The van der Waals surface area contributed by atoms with Crippen LogP contribution in [0.5, 0.6) is 23.0 Å². The molecule has 0 aliphatic carbocycles. The molecule has 3 aromatic carbocycles. The molecule has 0 amide bonds. The second-order valence-electron chi connectivity index (χ2n) is 9.93. The summed E-state index contributed by atoms with van der Waals surface area (Å²) in [5.41, 5.74) is 4.25. The van der Waals surface area contributed by atoms with E-state index < -0.39 is 0 Å². The third-order valence-electron chi connectivity index (χ3n) is 7.35. The topological polar surface area (TPSA) is 52.5 Å². The van der Waals surface area contributed by atoms with Crippen LogP contribution in [0.2, 0.25) is 0 Å². The Hall–Kier alpha value is -3.67. The van der Waals surface area contributed by atoms with E-state index in [9.17, 15) is 0 Å². The number of hydrogen-bond donors (Lipinski definition) is 0. The summed E-state index contributed by atoms with van der Waals surface area (Å²) in [6, 6.07) is 22.4. The Morgan fingerprint density at radius 2 is 1.50 bits per heavy atom. The molecule has 2 aliphatic heterocycles. The highest BCUT2D eigenvalue weighted by Crippen LogP contribution is 2.48. The maximum Gasteiger partial charge on any atom is 0.213 e. The van der Waals surface area contributed by atoms with Gasteiger partial charge >= 0.3 is 0 Å². The summed E-state index contributed by atoms with van der Waals surface area (Å²) in [5.74, 6) is 3.41. The van der Waals surface area contributed by atoms with Gasteiger partial charge in [0.05, 0.1) is 32.6 Å². The molecule has 0 bridgehead atoms. The number of benzene rings is 3. The van der Waals surface area contributed by atoms with Gasteiger partial charge in [-0.3, -0.25) is 0 Å². The van der Waals surface area contributed by atoms with Gasteiger partial charge in [0.25, 0.3) is 0 Å². The largest absolute Gasteiger partial charge is 0.497 e. The molecule has 0 unspecified atom stereocenters. The fourth-order valence-corrected chi connectivity index (χ4v) is 5.17. The molecule has 0 spiro atoms. The van der Waals surface area contributed by atoms with Crippen LogP contribution in [-0.4, -0.2) is 31.5 Å². The fourth-order valence-electron chi connectivity index (χ4n) is 5.17. The zero-order valence-electron chi connectivity index (χ0n) is 22.7. The van der Waals surface area contributed by atoms with Gasteiger partial charge in [0.2, 0.25) is 6.23 Å². The molecule has 200 valence electrons. The lowest BCUT2D eigenvalue weighted by Gasteiger charge is -2.38. The van der Waals surface area contributed by atoms with Crippen LogP contribution in [0.1, 0.15) is 80.8 Å². The van der Waals surface area contributed by atoms with Crippen molar-refractivity contribution < 1.29 is 18.9 Å². The van der Waals surface area contributed by atoms with Gasteiger partial charge in [0, 0.05) is 17.5 Å². The SMILES string of the molecule is CCCCCCCCOc1ccc([C@@H]2Oc3ccc(OC)cc3[C@H]3CC(c4ccc(OC)cc4)=NN32)cc1. The average Bonchev–Trinajstić information content (AvgIpc) is 3.42. The Morgan fingerprint density at radius 1 is 0.816 bits per heavy atom. The van der Waals surface area contributed by atoms with E-state index in [0.717, 1.165) is 64.8 Å². The lowest BCUT2D eigenvalue weighted by Crippen LogP contribution is -2.33. The van der Waals surface area contributed by atoms with Crippen molar-refractivity contribution in [2.24, 2.45) is 5.10 Å². The van der Waals surface area contributed by atoms with Gasteiger partial charge in [0.15, 0.2) is 0 Å². The number of rotatable bonds is 12. The maximum atomic E-state index is 6.54. The number of hydrogen-bond acceptors (Lipinski definition) is 6. The first-order valence-corrected chi connectivity index (χ1v) is 13.8. The average molecular weight is 515 g/mol. The smallest absolute Gasteiger partial charge is 0.213 e. The molecule has 2 aliphatic rings. The third kappa shape index (κ3) is 5.74. The van der Waals surface area contributed by atoms with Crippen molar-refractivity contribution in [1.29, 1.82) is 0 Å². The van der Waals surface area contributed by atoms with E-state index in [1.807, 2.05) is 36.4 Å². The van der Waals surface area contributed by atoms with Crippen LogP contribution >= 0.6 is 0 Å². The number of unbranched alkanes of at least 4 members (excludes halogenated alkanes) is 5. The van der Waals surface area contributed by atoms with E-state index in [4.69, 9.17) is 24.0 Å². The molecule has 0 fully saturated rings. The summed E-state index contributed by atoms with van der Waals surface area (Å²) >= 11 is 0. The first-order chi connectivity index (χ1) is 18.7. The quantitative estimate of drug-likeness (QED) is 0.232. The van der Waals surface area contributed by atoms with Crippen LogP contribution in [0, 0.1) is 0 Å². The molecule has 0 saturated heterocycles. The van der Waals surface area contributed by atoms with E-state index >= 15 is 0 Å². The Morgan fingerprint density at radius 3 is 2.24 bits per heavy atom. The third-order valence-corrected chi connectivity index (χ3v) is 7.35. The molecule has 6 nitrogen and oxygen atoms in total. The van der Waals surface area contributed by atoms with Crippen molar-refractivity contribution in [2.75, 3.05) is 20.8 Å². The summed E-state index contributed by atoms with van der Waals surface area (Å²) in [6.45, 7) is 3.00. The van der Waals surface area contributed by atoms with Crippen LogP contribution in [0.3, 0.4) is 0 Å². The molecule has 2 heterocycles. The molecule has 3 aromatic rings. The maximum absolute atomic E-state index is 6.54. The predicted octanol–water partition coefficient (Wildman–Crippen LogP) is 7.69. The summed E-state index contributed by atoms with van der Waals surface area (Å²) in [5, 5.41) is 7.16. The minimum atomic E-state index is -0.329. The van der Waals surface area contributed by atoms with Crippen molar-refractivity contribution in [3.63, 3.8) is 0 Å². The minimum Gasteiger partial charge on any atom is -0.497 e. The highest BCUT2D eigenvalue weighted by Gasteiger charge is 2.41. The normalized spacial score (nSPS) is 17.8. The molecular weight excluding hydrogens is 476 g/mol. The van der Waals surface area contributed by atoms with Gasteiger partial charge in [-0.05, 0) is 78.7 Å². The molecule has 6 heteroatoms. The van der Waals surface area contributed by atoms with E-state index in [0.29, 0.717) is 0 Å². The summed E-state index contributed by atoms with van der Waals surface area (Å²) in [4.78, 5) is 0. The molecule has 38 heavy (non-hydrogen) atoms. The van der Waals surface area contributed by atoms with Gasteiger partial charge in [-0.25, -0.2) is 5.01 Å². The van der Waals surface area contributed by atoms with E-state index in [2.05, 4.69) is 42.3 Å². The first-order valence-electron chi connectivity index (χ1n) is 13.8. The van der Waals surface area contributed by atoms with Crippen LogP contribution in [0.25, 0.3) is 0 Å². The number of methoxy groups -OCH3 is 2.